The number of anilines is 1. The molecule has 1 atom stereocenters. The summed E-state index contributed by atoms with van der Waals surface area (Å²) in [5.41, 5.74) is 0. The highest BCUT2D eigenvalue weighted by molar-refractivity contribution is 9.10. The molecule has 2 rings (SSSR count). The Morgan fingerprint density at radius 1 is 1.48 bits per heavy atom. The van der Waals surface area contributed by atoms with Crippen molar-refractivity contribution in [2.24, 2.45) is 5.92 Å². The first-order valence-corrected chi connectivity index (χ1v) is 9.61. The maximum atomic E-state index is 12.9. The molecule has 0 spiro atoms. The van der Waals surface area contributed by atoms with Crippen LogP contribution in [-0.2, 0) is 10.0 Å². The zero-order valence-electron chi connectivity index (χ0n) is 12.5. The van der Waals surface area contributed by atoms with E-state index in [9.17, 15) is 8.42 Å². The highest BCUT2D eigenvalue weighted by Crippen LogP contribution is 2.30. The van der Waals surface area contributed by atoms with Crippen LogP contribution in [0, 0.1) is 5.92 Å². The molecule has 118 valence electrons. The summed E-state index contributed by atoms with van der Waals surface area (Å²) in [7, 11) is -3.49. The Kier molecular flexibility index (Phi) is 5.62. The molecule has 1 unspecified atom stereocenters. The first-order chi connectivity index (χ1) is 9.98. The van der Waals surface area contributed by atoms with E-state index in [2.05, 4.69) is 33.2 Å². The van der Waals surface area contributed by atoms with Crippen LogP contribution < -0.4 is 5.32 Å². The average molecular weight is 376 g/mol. The Hall–Kier alpha value is -0.660. The molecular formula is C14H22BrN3O2S. The van der Waals surface area contributed by atoms with Crippen molar-refractivity contribution in [2.45, 2.75) is 38.0 Å². The normalized spacial score (nSPS) is 19.9. The Morgan fingerprint density at radius 2 is 2.24 bits per heavy atom. The number of nitrogens with zero attached hydrogens (tertiary/aromatic N) is 2. The quantitative estimate of drug-likeness (QED) is 0.829. The van der Waals surface area contributed by atoms with Gasteiger partial charge in [0.05, 0.1) is 0 Å². The molecule has 0 radical (unpaired) electrons. The predicted octanol–water partition coefficient (Wildman–Crippen LogP) is 3.09. The molecule has 5 nitrogen and oxygen atoms in total. The Labute approximate surface area is 135 Å². The number of rotatable bonds is 6. The van der Waals surface area contributed by atoms with Crippen LogP contribution >= 0.6 is 15.9 Å². The third-order valence-corrected chi connectivity index (χ3v) is 6.04. The van der Waals surface area contributed by atoms with E-state index < -0.39 is 10.0 Å². The van der Waals surface area contributed by atoms with Gasteiger partial charge in [-0.15, -0.1) is 0 Å². The summed E-state index contributed by atoms with van der Waals surface area (Å²) in [5, 5.41) is 3.03. The maximum Gasteiger partial charge on any atom is 0.246 e. The lowest BCUT2D eigenvalue weighted by Crippen LogP contribution is -2.29. The van der Waals surface area contributed by atoms with Gasteiger partial charge >= 0.3 is 0 Å². The van der Waals surface area contributed by atoms with E-state index in [1.54, 1.807) is 16.6 Å². The van der Waals surface area contributed by atoms with Crippen LogP contribution in [0.1, 0.15) is 33.1 Å². The molecule has 0 aliphatic carbocycles. The third kappa shape index (κ3) is 3.76. The highest BCUT2D eigenvalue weighted by atomic mass is 79.9. The smallest absolute Gasteiger partial charge is 0.246 e. The number of halogens is 1. The maximum absolute atomic E-state index is 12.9. The van der Waals surface area contributed by atoms with E-state index in [1.807, 2.05) is 6.92 Å². The zero-order valence-corrected chi connectivity index (χ0v) is 14.9. The van der Waals surface area contributed by atoms with E-state index in [4.69, 9.17) is 0 Å². The molecule has 0 aromatic carbocycles. The standard InChI is InChI=1S/C14H22BrN3O2S/c1-3-5-11-6-7-18(10-11)21(19,20)13-8-12(15)9-17-14(13)16-4-2/h8-9,11H,3-7,10H2,1-2H3,(H,16,17). The van der Waals surface area contributed by atoms with Gasteiger partial charge in [-0.1, -0.05) is 13.3 Å². The van der Waals surface area contributed by atoms with Gasteiger partial charge in [0, 0.05) is 30.3 Å². The molecule has 1 N–H and O–H groups in total. The van der Waals surface area contributed by atoms with Gasteiger partial charge in [0.1, 0.15) is 10.7 Å². The molecule has 1 fully saturated rings. The minimum Gasteiger partial charge on any atom is -0.369 e. The van der Waals surface area contributed by atoms with Gasteiger partial charge in [0.2, 0.25) is 10.0 Å². The minimum absolute atomic E-state index is 0.260. The molecule has 0 bridgehead atoms. The molecule has 21 heavy (non-hydrogen) atoms. The van der Waals surface area contributed by atoms with E-state index in [0.717, 1.165) is 19.3 Å². The van der Waals surface area contributed by atoms with E-state index in [1.165, 1.54) is 0 Å². The summed E-state index contributed by atoms with van der Waals surface area (Å²) in [6.07, 6.45) is 4.74. The molecule has 1 aliphatic heterocycles. The molecule has 7 heteroatoms. The average Bonchev–Trinajstić information content (AvgIpc) is 2.91. The first-order valence-electron chi connectivity index (χ1n) is 7.38. The van der Waals surface area contributed by atoms with Crippen molar-refractivity contribution in [3.8, 4) is 0 Å². The second kappa shape index (κ2) is 7.07. The lowest BCUT2D eigenvalue weighted by atomic mass is 10.0. The van der Waals surface area contributed by atoms with Crippen LogP contribution in [-0.4, -0.2) is 37.3 Å². The molecule has 1 aromatic rings. The van der Waals surface area contributed by atoms with Crippen molar-refractivity contribution in [3.63, 3.8) is 0 Å². The number of sulfonamides is 1. The number of hydrogen-bond donors (Lipinski definition) is 1. The highest BCUT2D eigenvalue weighted by Gasteiger charge is 2.34. The lowest BCUT2D eigenvalue weighted by molar-refractivity contribution is 0.444. The largest absolute Gasteiger partial charge is 0.369 e. The SMILES string of the molecule is CCCC1CCN(S(=O)(=O)c2cc(Br)cnc2NCC)C1. The number of nitrogens with one attached hydrogen (secondary N) is 1. The number of aromatic nitrogens is 1. The monoisotopic (exact) mass is 375 g/mol. The van der Waals surface area contributed by atoms with Crippen LogP contribution in [0.25, 0.3) is 0 Å². The van der Waals surface area contributed by atoms with Crippen molar-refractivity contribution in [2.75, 3.05) is 25.0 Å². The zero-order chi connectivity index (χ0) is 15.5. The molecular weight excluding hydrogens is 354 g/mol. The third-order valence-electron chi connectivity index (χ3n) is 3.73. The topological polar surface area (TPSA) is 62.3 Å². The van der Waals surface area contributed by atoms with Crippen LogP contribution in [0.5, 0.6) is 0 Å². The number of pyridine rings is 1. The van der Waals surface area contributed by atoms with Gasteiger partial charge in [-0.05, 0) is 47.7 Å². The lowest BCUT2D eigenvalue weighted by Gasteiger charge is -2.19. The van der Waals surface area contributed by atoms with Crippen molar-refractivity contribution in [1.29, 1.82) is 0 Å². The van der Waals surface area contributed by atoms with Crippen molar-refractivity contribution in [3.05, 3.63) is 16.7 Å². The Balaban J connectivity index is 2.29. The predicted molar refractivity (Wildman–Crippen MR) is 87.9 cm³/mol. The molecule has 0 amide bonds. The summed E-state index contributed by atoms with van der Waals surface area (Å²) >= 11 is 3.31. The molecule has 1 aliphatic rings. The fourth-order valence-corrected chi connectivity index (χ4v) is 4.87. The van der Waals surface area contributed by atoms with Crippen molar-refractivity contribution < 1.29 is 8.42 Å². The van der Waals surface area contributed by atoms with Gasteiger partial charge in [-0.2, -0.15) is 4.31 Å². The summed E-state index contributed by atoms with van der Waals surface area (Å²) in [6, 6.07) is 1.63. The second-order valence-electron chi connectivity index (χ2n) is 5.34. The van der Waals surface area contributed by atoms with Gasteiger partial charge < -0.3 is 5.32 Å². The van der Waals surface area contributed by atoms with Gasteiger partial charge in [0.15, 0.2) is 0 Å². The van der Waals surface area contributed by atoms with Crippen molar-refractivity contribution in [1.82, 2.24) is 9.29 Å². The second-order valence-corrected chi connectivity index (χ2v) is 8.16. The van der Waals surface area contributed by atoms with Gasteiger partial charge in [0.25, 0.3) is 0 Å². The summed E-state index contributed by atoms with van der Waals surface area (Å²) in [5.74, 6) is 0.909. The van der Waals surface area contributed by atoms with Crippen LogP contribution in [0.2, 0.25) is 0 Å². The van der Waals surface area contributed by atoms with E-state index in [-0.39, 0.29) is 4.90 Å². The molecule has 2 heterocycles. The minimum atomic E-state index is -3.49. The Bertz CT molecular complexity index is 592. The summed E-state index contributed by atoms with van der Waals surface area (Å²) in [6.45, 7) is 5.92. The fourth-order valence-electron chi connectivity index (χ4n) is 2.72. The van der Waals surface area contributed by atoms with Crippen LogP contribution in [0.3, 0.4) is 0 Å². The van der Waals surface area contributed by atoms with Crippen LogP contribution in [0.4, 0.5) is 5.82 Å². The number of hydrogen-bond acceptors (Lipinski definition) is 4. The molecule has 0 saturated carbocycles. The van der Waals surface area contributed by atoms with Gasteiger partial charge in [-0.25, -0.2) is 13.4 Å². The van der Waals surface area contributed by atoms with Crippen LogP contribution in [0.15, 0.2) is 21.6 Å². The summed E-state index contributed by atoms with van der Waals surface area (Å²) < 4.78 is 28.0. The fraction of sp³-hybridized carbons (Fsp3) is 0.643. The van der Waals surface area contributed by atoms with Gasteiger partial charge in [-0.3, -0.25) is 0 Å². The molecule has 1 saturated heterocycles. The Morgan fingerprint density at radius 3 is 2.90 bits per heavy atom. The van der Waals surface area contributed by atoms with Crippen molar-refractivity contribution >= 4 is 31.8 Å². The molecule has 1 aromatic heterocycles. The first kappa shape index (κ1) is 16.7. The van der Waals surface area contributed by atoms with E-state index in [0.29, 0.717) is 35.8 Å². The summed E-state index contributed by atoms with van der Waals surface area (Å²) in [4.78, 5) is 4.46. The van der Waals surface area contributed by atoms with E-state index >= 15 is 0 Å².